The summed E-state index contributed by atoms with van der Waals surface area (Å²) < 4.78 is 29.2. The number of phenols is 1. The van der Waals surface area contributed by atoms with Gasteiger partial charge in [-0.2, -0.15) is 8.42 Å². The summed E-state index contributed by atoms with van der Waals surface area (Å²) in [5.41, 5.74) is 0.0441. The first-order valence-electron chi connectivity index (χ1n) is 3.66. The first-order valence-corrected chi connectivity index (χ1v) is 5.27. The summed E-state index contributed by atoms with van der Waals surface area (Å²) in [6.45, 7) is 0. The molecule has 0 fully saturated rings. The molecule has 0 aliphatic heterocycles. The zero-order valence-corrected chi connectivity index (χ0v) is 7.86. The van der Waals surface area contributed by atoms with Crippen LogP contribution in [0.2, 0.25) is 0 Å². The van der Waals surface area contributed by atoms with Gasteiger partial charge in [0.1, 0.15) is 11.5 Å². The minimum atomic E-state index is -4.32. The van der Waals surface area contributed by atoms with Crippen LogP contribution in [0.4, 0.5) is 0 Å². The van der Waals surface area contributed by atoms with Gasteiger partial charge in [-0.15, -0.1) is 0 Å². The Hall–Kier alpha value is -1.40. The average Bonchev–Trinajstić information content (AvgIpc) is 2.01. The second-order valence-corrected chi connectivity index (χ2v) is 4.15. The first kappa shape index (κ1) is 10.7. The number of Topliss-reactive ketones (excluding diaryl/α,β-unsaturated/α-hetero) is 1. The van der Waals surface area contributed by atoms with Crippen LogP contribution in [0.1, 0.15) is 10.4 Å². The third-order valence-corrected chi connectivity index (χ3v) is 2.11. The quantitative estimate of drug-likeness (QED) is 0.565. The standard InChI is InChI=1S/C8H8O5S/c9-7-3-1-2-6(4-7)8(10)5-14(11,12)13/h1-4,9H,5H2,(H,11,12,13). The van der Waals surface area contributed by atoms with Crippen molar-refractivity contribution in [2.24, 2.45) is 0 Å². The molecule has 0 saturated carbocycles. The Labute approximate surface area is 80.7 Å². The van der Waals surface area contributed by atoms with E-state index in [1.54, 1.807) is 0 Å². The Morgan fingerprint density at radius 2 is 2.00 bits per heavy atom. The van der Waals surface area contributed by atoms with Gasteiger partial charge >= 0.3 is 0 Å². The van der Waals surface area contributed by atoms with Gasteiger partial charge in [0.25, 0.3) is 10.1 Å². The lowest BCUT2D eigenvalue weighted by atomic mass is 10.1. The summed E-state index contributed by atoms with van der Waals surface area (Å²) in [5.74, 6) is -1.87. The molecule has 2 N–H and O–H groups in total. The van der Waals surface area contributed by atoms with E-state index in [1.165, 1.54) is 18.2 Å². The summed E-state index contributed by atoms with van der Waals surface area (Å²) in [4.78, 5) is 11.2. The predicted molar refractivity (Wildman–Crippen MR) is 48.9 cm³/mol. The smallest absolute Gasteiger partial charge is 0.272 e. The molecule has 0 unspecified atom stereocenters. The number of rotatable bonds is 3. The van der Waals surface area contributed by atoms with Crippen molar-refractivity contribution in [1.29, 1.82) is 0 Å². The molecule has 1 aromatic rings. The third-order valence-electron chi connectivity index (χ3n) is 1.48. The van der Waals surface area contributed by atoms with Crippen molar-refractivity contribution in [3.63, 3.8) is 0 Å². The highest BCUT2D eigenvalue weighted by Gasteiger charge is 2.14. The van der Waals surface area contributed by atoms with Gasteiger partial charge in [-0.1, -0.05) is 12.1 Å². The summed E-state index contributed by atoms with van der Waals surface area (Å²) in [6, 6.07) is 5.25. The van der Waals surface area contributed by atoms with Gasteiger partial charge < -0.3 is 5.11 Å². The molecule has 0 atom stereocenters. The van der Waals surface area contributed by atoms with E-state index >= 15 is 0 Å². The second-order valence-electron chi connectivity index (χ2n) is 2.70. The van der Waals surface area contributed by atoms with Crippen molar-refractivity contribution in [3.05, 3.63) is 29.8 Å². The molecule has 0 bridgehead atoms. The highest BCUT2D eigenvalue weighted by molar-refractivity contribution is 7.86. The summed E-state index contributed by atoms with van der Waals surface area (Å²) in [7, 11) is -4.32. The molecule has 76 valence electrons. The van der Waals surface area contributed by atoms with E-state index in [-0.39, 0.29) is 11.3 Å². The Morgan fingerprint density at radius 3 is 2.50 bits per heavy atom. The topological polar surface area (TPSA) is 91.7 Å². The molecular formula is C8H8O5S. The van der Waals surface area contributed by atoms with Crippen LogP contribution in [0, 0.1) is 0 Å². The molecule has 1 aromatic carbocycles. The number of hydrogen-bond donors (Lipinski definition) is 2. The fourth-order valence-electron chi connectivity index (χ4n) is 0.928. The molecule has 0 aromatic heterocycles. The molecule has 5 nitrogen and oxygen atoms in total. The number of benzene rings is 1. The number of carbonyl (C=O) groups excluding carboxylic acids is 1. The van der Waals surface area contributed by atoms with E-state index in [0.29, 0.717) is 0 Å². The molecule has 0 heterocycles. The van der Waals surface area contributed by atoms with Gasteiger partial charge in [-0.25, -0.2) is 0 Å². The van der Waals surface area contributed by atoms with Crippen LogP contribution in [0.5, 0.6) is 5.75 Å². The van der Waals surface area contributed by atoms with Crippen LogP contribution in [0.15, 0.2) is 24.3 Å². The molecule has 14 heavy (non-hydrogen) atoms. The van der Waals surface area contributed by atoms with Gasteiger partial charge in [0.2, 0.25) is 0 Å². The van der Waals surface area contributed by atoms with E-state index < -0.39 is 21.7 Å². The highest BCUT2D eigenvalue weighted by Crippen LogP contribution is 2.11. The summed E-state index contributed by atoms with van der Waals surface area (Å²) in [6.07, 6.45) is 0. The maximum absolute atomic E-state index is 11.2. The van der Waals surface area contributed by atoms with Crippen molar-refractivity contribution >= 4 is 15.9 Å². The monoisotopic (exact) mass is 216 g/mol. The molecule has 0 radical (unpaired) electrons. The van der Waals surface area contributed by atoms with E-state index in [2.05, 4.69) is 0 Å². The SMILES string of the molecule is O=C(CS(=O)(=O)O)c1cccc(O)c1. The number of ketones is 1. The van der Waals surface area contributed by atoms with Gasteiger partial charge in [0.15, 0.2) is 5.78 Å². The first-order chi connectivity index (χ1) is 6.38. The van der Waals surface area contributed by atoms with Crippen LogP contribution in [0.25, 0.3) is 0 Å². The zero-order valence-electron chi connectivity index (χ0n) is 7.04. The Morgan fingerprint density at radius 1 is 1.36 bits per heavy atom. The van der Waals surface area contributed by atoms with Gasteiger partial charge in [0.05, 0.1) is 0 Å². The lowest BCUT2D eigenvalue weighted by Gasteiger charge is -1.98. The van der Waals surface area contributed by atoms with Gasteiger partial charge in [-0.05, 0) is 12.1 Å². The summed E-state index contributed by atoms with van der Waals surface area (Å²) >= 11 is 0. The van der Waals surface area contributed by atoms with Crippen molar-refractivity contribution in [1.82, 2.24) is 0 Å². The lowest BCUT2D eigenvalue weighted by molar-refractivity contribution is 0.101. The molecule has 0 aliphatic carbocycles. The molecular weight excluding hydrogens is 208 g/mol. The van der Waals surface area contributed by atoms with Crippen LogP contribution in [0.3, 0.4) is 0 Å². The minimum Gasteiger partial charge on any atom is -0.508 e. The second kappa shape index (κ2) is 3.77. The average molecular weight is 216 g/mol. The van der Waals surface area contributed by atoms with Crippen LogP contribution < -0.4 is 0 Å². The van der Waals surface area contributed by atoms with E-state index in [4.69, 9.17) is 9.66 Å². The molecule has 0 spiro atoms. The predicted octanol–water partition coefficient (Wildman–Crippen LogP) is 0.463. The normalized spacial score (nSPS) is 11.2. The fourth-order valence-corrected chi connectivity index (χ4v) is 1.43. The highest BCUT2D eigenvalue weighted by atomic mass is 32.2. The number of carbonyl (C=O) groups is 1. The van der Waals surface area contributed by atoms with Crippen molar-refractivity contribution in [2.75, 3.05) is 5.75 Å². The molecule has 0 saturated heterocycles. The number of hydrogen-bond acceptors (Lipinski definition) is 4. The molecule has 0 aliphatic rings. The molecule has 0 amide bonds. The van der Waals surface area contributed by atoms with Crippen LogP contribution in [-0.4, -0.2) is 29.6 Å². The van der Waals surface area contributed by atoms with Crippen molar-refractivity contribution in [2.45, 2.75) is 0 Å². The Balaban J connectivity index is 2.91. The maximum atomic E-state index is 11.2. The molecule has 1 rings (SSSR count). The molecule has 6 heteroatoms. The summed E-state index contributed by atoms with van der Waals surface area (Å²) in [5, 5.41) is 9.00. The fraction of sp³-hybridized carbons (Fsp3) is 0.125. The zero-order chi connectivity index (χ0) is 10.8. The van der Waals surface area contributed by atoms with Crippen molar-refractivity contribution in [3.8, 4) is 5.75 Å². The van der Waals surface area contributed by atoms with Gasteiger partial charge in [0, 0.05) is 5.56 Å². The lowest BCUT2D eigenvalue weighted by Crippen LogP contribution is -2.14. The number of phenolic OH excluding ortho intramolecular Hbond substituents is 1. The van der Waals surface area contributed by atoms with E-state index in [1.807, 2.05) is 0 Å². The van der Waals surface area contributed by atoms with Crippen molar-refractivity contribution < 1.29 is 22.9 Å². The Bertz CT molecular complexity index is 449. The Kier molecular flexibility index (Phi) is 2.87. The number of aromatic hydroxyl groups is 1. The van der Waals surface area contributed by atoms with Crippen LogP contribution >= 0.6 is 0 Å². The third kappa shape index (κ3) is 3.15. The maximum Gasteiger partial charge on any atom is 0.272 e. The minimum absolute atomic E-state index is 0.0441. The largest absolute Gasteiger partial charge is 0.508 e. The van der Waals surface area contributed by atoms with E-state index in [0.717, 1.165) is 6.07 Å². The van der Waals surface area contributed by atoms with Gasteiger partial charge in [-0.3, -0.25) is 9.35 Å². The van der Waals surface area contributed by atoms with Crippen LogP contribution in [-0.2, 0) is 10.1 Å². The van der Waals surface area contributed by atoms with E-state index in [9.17, 15) is 13.2 Å².